The smallest absolute Gasteiger partial charge is 0.240 e. The quantitative estimate of drug-likeness (QED) is 0.337. The average Bonchev–Trinajstić information content (AvgIpc) is 2.62. The summed E-state index contributed by atoms with van der Waals surface area (Å²) in [5, 5.41) is 6.66. The molecule has 7 heteroatoms. The Labute approximate surface area is 152 Å². The van der Waals surface area contributed by atoms with Gasteiger partial charge in [0, 0.05) is 19.6 Å². The van der Waals surface area contributed by atoms with E-state index in [1.54, 1.807) is 31.3 Å². The standard InChI is InChI=1S/C18H32N4O2S/c1-5-6-7-8-9-15(2)22-18(19-3)21-14-16-10-12-17(13-11-16)25(23,24)20-4/h10-13,15,20H,5-9,14H2,1-4H3,(H2,19,21,22). The Morgan fingerprint density at radius 1 is 1.16 bits per heavy atom. The average molecular weight is 369 g/mol. The minimum absolute atomic E-state index is 0.266. The highest BCUT2D eigenvalue weighted by Crippen LogP contribution is 2.10. The molecule has 0 amide bonds. The molecule has 0 aliphatic carbocycles. The normalized spacial score (nSPS) is 13.5. The van der Waals surface area contributed by atoms with Gasteiger partial charge in [0.25, 0.3) is 0 Å². The number of rotatable bonds is 10. The van der Waals surface area contributed by atoms with Gasteiger partial charge in [-0.05, 0) is 38.1 Å². The number of nitrogens with zero attached hydrogens (tertiary/aromatic N) is 1. The van der Waals surface area contributed by atoms with Gasteiger partial charge >= 0.3 is 0 Å². The van der Waals surface area contributed by atoms with Gasteiger partial charge in [-0.15, -0.1) is 0 Å². The Morgan fingerprint density at radius 2 is 1.84 bits per heavy atom. The van der Waals surface area contributed by atoms with Crippen molar-refractivity contribution < 1.29 is 8.42 Å². The third kappa shape index (κ3) is 7.88. The molecular weight excluding hydrogens is 336 g/mol. The van der Waals surface area contributed by atoms with Crippen molar-refractivity contribution in [1.82, 2.24) is 15.4 Å². The molecule has 25 heavy (non-hydrogen) atoms. The zero-order valence-electron chi connectivity index (χ0n) is 15.8. The number of unbranched alkanes of at least 4 members (excludes halogenated alkanes) is 3. The fourth-order valence-electron chi connectivity index (χ4n) is 2.47. The van der Waals surface area contributed by atoms with Crippen LogP contribution in [-0.2, 0) is 16.6 Å². The molecule has 0 aliphatic heterocycles. The predicted molar refractivity (Wildman–Crippen MR) is 104 cm³/mol. The van der Waals surface area contributed by atoms with E-state index in [1.807, 2.05) is 0 Å². The molecule has 1 aromatic rings. The molecule has 0 bridgehead atoms. The van der Waals surface area contributed by atoms with Gasteiger partial charge in [0.15, 0.2) is 5.96 Å². The molecule has 0 heterocycles. The van der Waals surface area contributed by atoms with Crippen LogP contribution in [0.2, 0.25) is 0 Å². The monoisotopic (exact) mass is 368 g/mol. The molecule has 1 rings (SSSR count). The maximum atomic E-state index is 11.7. The van der Waals surface area contributed by atoms with Crippen molar-refractivity contribution in [2.24, 2.45) is 4.99 Å². The first-order valence-electron chi connectivity index (χ1n) is 8.92. The molecule has 1 unspecified atom stereocenters. The summed E-state index contributed by atoms with van der Waals surface area (Å²) in [5.41, 5.74) is 0.994. The summed E-state index contributed by atoms with van der Waals surface area (Å²) < 4.78 is 25.7. The lowest BCUT2D eigenvalue weighted by Gasteiger charge is -2.18. The fraction of sp³-hybridized carbons (Fsp3) is 0.611. The highest BCUT2D eigenvalue weighted by Gasteiger charge is 2.10. The van der Waals surface area contributed by atoms with Crippen LogP contribution in [0.1, 0.15) is 51.5 Å². The lowest BCUT2D eigenvalue weighted by atomic mass is 10.1. The van der Waals surface area contributed by atoms with Crippen molar-refractivity contribution in [1.29, 1.82) is 0 Å². The molecule has 0 spiro atoms. The molecule has 6 nitrogen and oxygen atoms in total. The van der Waals surface area contributed by atoms with Crippen LogP contribution in [0.15, 0.2) is 34.2 Å². The van der Waals surface area contributed by atoms with Crippen LogP contribution in [0.3, 0.4) is 0 Å². The summed E-state index contributed by atoms with van der Waals surface area (Å²) in [6.45, 7) is 4.96. The topological polar surface area (TPSA) is 82.6 Å². The van der Waals surface area contributed by atoms with E-state index in [1.165, 1.54) is 32.7 Å². The second-order valence-electron chi connectivity index (χ2n) is 6.17. The van der Waals surface area contributed by atoms with Gasteiger partial charge in [-0.25, -0.2) is 13.1 Å². The van der Waals surface area contributed by atoms with E-state index in [0.717, 1.165) is 17.9 Å². The highest BCUT2D eigenvalue weighted by molar-refractivity contribution is 7.89. The van der Waals surface area contributed by atoms with Crippen LogP contribution in [0.5, 0.6) is 0 Å². The summed E-state index contributed by atoms with van der Waals surface area (Å²) in [4.78, 5) is 4.51. The zero-order valence-corrected chi connectivity index (χ0v) is 16.6. The van der Waals surface area contributed by atoms with E-state index >= 15 is 0 Å². The maximum absolute atomic E-state index is 11.7. The highest BCUT2D eigenvalue weighted by atomic mass is 32.2. The first kappa shape index (κ1) is 21.4. The van der Waals surface area contributed by atoms with Gasteiger partial charge in [0.05, 0.1) is 4.90 Å². The largest absolute Gasteiger partial charge is 0.354 e. The van der Waals surface area contributed by atoms with Crippen LogP contribution in [0, 0.1) is 0 Å². The third-order valence-electron chi connectivity index (χ3n) is 4.06. The van der Waals surface area contributed by atoms with Crippen molar-refractivity contribution in [2.75, 3.05) is 14.1 Å². The Morgan fingerprint density at radius 3 is 2.40 bits per heavy atom. The molecular formula is C18H32N4O2S. The Bertz CT molecular complexity index is 627. The molecule has 142 valence electrons. The van der Waals surface area contributed by atoms with Crippen LogP contribution in [0.4, 0.5) is 0 Å². The number of sulfonamides is 1. The number of hydrogen-bond donors (Lipinski definition) is 3. The fourth-order valence-corrected chi connectivity index (χ4v) is 3.20. The predicted octanol–water partition coefficient (Wildman–Crippen LogP) is 2.62. The minimum Gasteiger partial charge on any atom is -0.354 e. The molecule has 0 aromatic heterocycles. The van der Waals surface area contributed by atoms with E-state index in [0.29, 0.717) is 12.6 Å². The molecule has 0 saturated carbocycles. The second-order valence-corrected chi connectivity index (χ2v) is 8.06. The number of guanidine groups is 1. The zero-order chi connectivity index (χ0) is 18.7. The van der Waals surface area contributed by atoms with Gasteiger partial charge in [0.1, 0.15) is 0 Å². The molecule has 1 aromatic carbocycles. The van der Waals surface area contributed by atoms with E-state index in [9.17, 15) is 8.42 Å². The van der Waals surface area contributed by atoms with E-state index in [-0.39, 0.29) is 4.90 Å². The van der Waals surface area contributed by atoms with Crippen molar-refractivity contribution in [3.63, 3.8) is 0 Å². The first-order chi connectivity index (χ1) is 11.9. The molecule has 3 N–H and O–H groups in total. The van der Waals surface area contributed by atoms with E-state index in [2.05, 4.69) is 34.2 Å². The van der Waals surface area contributed by atoms with Gasteiger partial charge in [-0.1, -0.05) is 44.7 Å². The van der Waals surface area contributed by atoms with Gasteiger partial charge in [0.2, 0.25) is 10.0 Å². The van der Waals surface area contributed by atoms with Crippen molar-refractivity contribution in [2.45, 2.75) is 63.4 Å². The van der Waals surface area contributed by atoms with Crippen molar-refractivity contribution >= 4 is 16.0 Å². The lowest BCUT2D eigenvalue weighted by Crippen LogP contribution is -2.41. The molecule has 0 aliphatic rings. The van der Waals surface area contributed by atoms with Crippen LogP contribution in [0.25, 0.3) is 0 Å². The van der Waals surface area contributed by atoms with Crippen molar-refractivity contribution in [3.8, 4) is 0 Å². The van der Waals surface area contributed by atoms with Crippen molar-refractivity contribution in [3.05, 3.63) is 29.8 Å². The van der Waals surface area contributed by atoms with Gasteiger partial charge in [-0.3, -0.25) is 4.99 Å². The van der Waals surface area contributed by atoms with E-state index in [4.69, 9.17) is 0 Å². The van der Waals surface area contributed by atoms with Gasteiger partial charge < -0.3 is 10.6 Å². The molecule has 0 radical (unpaired) electrons. The summed E-state index contributed by atoms with van der Waals surface area (Å²) >= 11 is 0. The van der Waals surface area contributed by atoms with E-state index < -0.39 is 10.0 Å². The summed E-state index contributed by atoms with van der Waals surface area (Å²) in [6.07, 6.45) is 6.16. The van der Waals surface area contributed by atoms with Gasteiger partial charge in [-0.2, -0.15) is 0 Å². The number of aliphatic imine (C=N–C) groups is 1. The SMILES string of the molecule is CCCCCCC(C)NC(=NC)NCc1ccc(S(=O)(=O)NC)cc1. The Hall–Kier alpha value is -1.60. The first-order valence-corrected chi connectivity index (χ1v) is 10.4. The number of hydrogen-bond acceptors (Lipinski definition) is 3. The summed E-state index contributed by atoms with van der Waals surface area (Å²) in [5.74, 6) is 0.759. The number of benzene rings is 1. The van der Waals surface area contributed by atoms with Crippen LogP contribution in [-0.4, -0.2) is 34.5 Å². The molecule has 0 fully saturated rings. The molecule has 1 atom stereocenters. The Kier molecular flexibility index (Phi) is 9.52. The third-order valence-corrected chi connectivity index (χ3v) is 5.49. The van der Waals surface area contributed by atoms with Crippen LogP contribution < -0.4 is 15.4 Å². The summed E-state index contributed by atoms with van der Waals surface area (Å²) in [6, 6.07) is 7.19. The minimum atomic E-state index is -3.39. The summed E-state index contributed by atoms with van der Waals surface area (Å²) in [7, 11) is -0.228. The maximum Gasteiger partial charge on any atom is 0.240 e. The Balaban J connectivity index is 2.47. The lowest BCUT2D eigenvalue weighted by molar-refractivity contribution is 0.537. The second kappa shape index (κ2) is 11.1. The van der Waals surface area contributed by atoms with Crippen LogP contribution >= 0.6 is 0 Å². The number of nitrogens with one attached hydrogen (secondary N) is 3. The molecule has 0 saturated heterocycles.